The molecule has 1 rings (SSSR count). The van der Waals surface area contributed by atoms with E-state index >= 15 is 0 Å². The second kappa shape index (κ2) is 12.4. The first-order valence-electron chi connectivity index (χ1n) is 10.4. The minimum Gasteiger partial charge on any atom is -0.413 e. The molecule has 0 radical (unpaired) electrons. The SMILES string of the molecule is C#C[C@H](C)[C@H](O)[C@H](C)[C@H](CCOCc1ccccc1)O[Si](CC)(CC)CC. The number of ether oxygens (including phenoxy) is 1. The minimum atomic E-state index is -1.78. The molecule has 0 spiro atoms. The Kier molecular flexibility index (Phi) is 10.9. The van der Waals surface area contributed by atoms with Crippen LogP contribution in [0.25, 0.3) is 0 Å². The molecular weight excluding hydrogens is 352 g/mol. The third kappa shape index (κ3) is 7.42. The fraction of sp³-hybridized carbons (Fsp3) is 0.652. The molecule has 1 aromatic carbocycles. The summed E-state index contributed by atoms with van der Waals surface area (Å²) in [6.45, 7) is 11.9. The van der Waals surface area contributed by atoms with Crippen LogP contribution in [0.3, 0.4) is 0 Å². The van der Waals surface area contributed by atoms with E-state index < -0.39 is 14.4 Å². The number of aliphatic hydroxyl groups is 1. The summed E-state index contributed by atoms with van der Waals surface area (Å²) in [6.07, 6.45) is 5.72. The minimum absolute atomic E-state index is 0.0205. The Morgan fingerprint density at radius 2 is 1.67 bits per heavy atom. The lowest BCUT2D eigenvalue weighted by atomic mass is 9.88. The molecule has 0 saturated heterocycles. The molecule has 0 saturated carbocycles. The van der Waals surface area contributed by atoms with Crippen molar-refractivity contribution in [2.75, 3.05) is 6.61 Å². The summed E-state index contributed by atoms with van der Waals surface area (Å²) in [7, 11) is -1.78. The molecular formula is C23H38O3Si. The molecule has 0 bridgehead atoms. The van der Waals surface area contributed by atoms with Crippen LogP contribution in [-0.2, 0) is 15.8 Å². The van der Waals surface area contributed by atoms with Crippen LogP contribution in [0.4, 0.5) is 0 Å². The van der Waals surface area contributed by atoms with Gasteiger partial charge in [-0.3, -0.25) is 0 Å². The number of terminal acetylenes is 1. The van der Waals surface area contributed by atoms with Crippen LogP contribution >= 0.6 is 0 Å². The summed E-state index contributed by atoms with van der Waals surface area (Å²) in [6, 6.07) is 13.5. The van der Waals surface area contributed by atoms with Gasteiger partial charge in [0.05, 0.1) is 18.8 Å². The van der Waals surface area contributed by atoms with Gasteiger partial charge in [0.1, 0.15) is 0 Å². The van der Waals surface area contributed by atoms with Gasteiger partial charge in [0.2, 0.25) is 0 Å². The zero-order chi connectivity index (χ0) is 20.3. The number of aliphatic hydroxyl groups excluding tert-OH is 1. The summed E-state index contributed by atoms with van der Waals surface area (Å²) in [5, 5.41) is 10.7. The number of hydrogen-bond acceptors (Lipinski definition) is 3. The van der Waals surface area contributed by atoms with Crippen molar-refractivity contribution in [2.24, 2.45) is 11.8 Å². The maximum absolute atomic E-state index is 10.7. The smallest absolute Gasteiger partial charge is 0.192 e. The number of hydrogen-bond donors (Lipinski definition) is 1. The van der Waals surface area contributed by atoms with Gasteiger partial charge in [-0.2, -0.15) is 0 Å². The lowest BCUT2D eigenvalue weighted by Gasteiger charge is -2.38. The summed E-state index contributed by atoms with van der Waals surface area (Å²) in [4.78, 5) is 0. The molecule has 1 N–H and O–H groups in total. The molecule has 0 amide bonds. The molecule has 152 valence electrons. The van der Waals surface area contributed by atoms with Crippen LogP contribution in [-0.4, -0.2) is 32.2 Å². The van der Waals surface area contributed by atoms with Crippen LogP contribution in [0.5, 0.6) is 0 Å². The third-order valence-corrected chi connectivity index (χ3v) is 10.6. The quantitative estimate of drug-likeness (QED) is 0.284. The largest absolute Gasteiger partial charge is 0.413 e. The van der Waals surface area contributed by atoms with E-state index in [-0.39, 0.29) is 17.9 Å². The molecule has 4 heteroatoms. The Morgan fingerprint density at radius 1 is 1.07 bits per heavy atom. The normalized spacial score (nSPS) is 16.3. The summed E-state index contributed by atoms with van der Waals surface area (Å²) >= 11 is 0. The van der Waals surface area contributed by atoms with Gasteiger partial charge < -0.3 is 14.3 Å². The van der Waals surface area contributed by atoms with Gasteiger partial charge in [0, 0.05) is 18.4 Å². The fourth-order valence-corrected chi connectivity index (χ4v) is 6.46. The Labute approximate surface area is 167 Å². The van der Waals surface area contributed by atoms with Crippen molar-refractivity contribution in [3.05, 3.63) is 35.9 Å². The van der Waals surface area contributed by atoms with Crippen molar-refractivity contribution in [2.45, 2.75) is 78.0 Å². The van der Waals surface area contributed by atoms with Gasteiger partial charge in [-0.05, 0) is 37.0 Å². The molecule has 1 aromatic rings. The van der Waals surface area contributed by atoms with E-state index in [0.29, 0.717) is 13.2 Å². The van der Waals surface area contributed by atoms with Gasteiger partial charge in [0.15, 0.2) is 8.32 Å². The number of benzene rings is 1. The van der Waals surface area contributed by atoms with Crippen LogP contribution < -0.4 is 0 Å². The predicted octanol–water partition coefficient (Wildman–Crippen LogP) is 5.25. The van der Waals surface area contributed by atoms with Gasteiger partial charge >= 0.3 is 0 Å². The Hall–Kier alpha value is -1.12. The molecule has 27 heavy (non-hydrogen) atoms. The van der Waals surface area contributed by atoms with Gasteiger partial charge in [-0.15, -0.1) is 12.3 Å². The van der Waals surface area contributed by atoms with Crippen LogP contribution in [0.15, 0.2) is 30.3 Å². The highest BCUT2D eigenvalue weighted by Gasteiger charge is 2.36. The van der Waals surface area contributed by atoms with E-state index in [0.717, 1.165) is 24.6 Å². The average molecular weight is 391 g/mol. The second-order valence-corrected chi connectivity index (χ2v) is 12.3. The maximum atomic E-state index is 10.7. The molecule has 0 aromatic heterocycles. The van der Waals surface area contributed by atoms with E-state index in [2.05, 4.69) is 45.7 Å². The van der Waals surface area contributed by atoms with E-state index in [4.69, 9.17) is 15.6 Å². The molecule has 0 aliphatic carbocycles. The van der Waals surface area contributed by atoms with Gasteiger partial charge in [-0.25, -0.2) is 0 Å². The van der Waals surface area contributed by atoms with Gasteiger partial charge in [0.25, 0.3) is 0 Å². The Bertz CT molecular complexity index is 542. The lowest BCUT2D eigenvalue weighted by Crippen LogP contribution is -2.45. The number of rotatable bonds is 13. The summed E-state index contributed by atoms with van der Waals surface area (Å²) in [5.74, 6) is 2.47. The van der Waals surface area contributed by atoms with Crippen molar-refractivity contribution in [3.8, 4) is 12.3 Å². The first-order chi connectivity index (χ1) is 12.9. The summed E-state index contributed by atoms with van der Waals surface area (Å²) in [5.41, 5.74) is 1.17. The first kappa shape index (κ1) is 23.9. The molecule has 0 heterocycles. The highest BCUT2D eigenvalue weighted by Crippen LogP contribution is 2.29. The fourth-order valence-electron chi connectivity index (χ4n) is 3.49. The second-order valence-electron chi connectivity index (χ2n) is 7.53. The summed E-state index contributed by atoms with van der Waals surface area (Å²) < 4.78 is 12.6. The van der Waals surface area contributed by atoms with E-state index in [1.54, 1.807) is 0 Å². The molecule has 0 fully saturated rings. The molecule has 3 nitrogen and oxygen atoms in total. The van der Waals surface area contributed by atoms with Crippen molar-refractivity contribution >= 4 is 8.32 Å². The van der Waals surface area contributed by atoms with Crippen LogP contribution in [0.1, 0.15) is 46.6 Å². The highest BCUT2D eigenvalue weighted by molar-refractivity contribution is 6.73. The van der Waals surface area contributed by atoms with E-state index in [1.807, 2.05) is 25.1 Å². The first-order valence-corrected chi connectivity index (χ1v) is 12.9. The van der Waals surface area contributed by atoms with Crippen molar-refractivity contribution in [1.82, 2.24) is 0 Å². The predicted molar refractivity (Wildman–Crippen MR) is 116 cm³/mol. The zero-order valence-corrected chi connectivity index (χ0v) is 18.8. The standard InChI is InChI=1S/C23H38O3Si/c1-7-19(5)23(24)20(6)22(26-27(8-2,9-3)10-4)16-17-25-18-21-14-12-11-13-15-21/h1,11-15,19-20,22-24H,8-10,16-18H2,2-6H3/t19-,20+,22-,23-/m0/s1. The van der Waals surface area contributed by atoms with E-state index in [1.165, 1.54) is 5.56 Å². The monoisotopic (exact) mass is 390 g/mol. The Balaban J connectivity index is 2.75. The van der Waals surface area contributed by atoms with Crippen LogP contribution in [0.2, 0.25) is 18.1 Å². The van der Waals surface area contributed by atoms with Crippen molar-refractivity contribution < 1.29 is 14.3 Å². The molecule has 0 aliphatic heterocycles. The zero-order valence-electron chi connectivity index (χ0n) is 17.8. The van der Waals surface area contributed by atoms with Crippen molar-refractivity contribution in [3.63, 3.8) is 0 Å². The van der Waals surface area contributed by atoms with Crippen molar-refractivity contribution in [1.29, 1.82) is 0 Å². The average Bonchev–Trinajstić information content (AvgIpc) is 2.72. The maximum Gasteiger partial charge on any atom is 0.192 e. The molecule has 0 unspecified atom stereocenters. The topological polar surface area (TPSA) is 38.7 Å². The van der Waals surface area contributed by atoms with E-state index in [9.17, 15) is 5.11 Å². The molecule has 4 atom stereocenters. The lowest BCUT2D eigenvalue weighted by molar-refractivity contribution is -0.00622. The third-order valence-electron chi connectivity index (χ3n) is 5.89. The van der Waals surface area contributed by atoms with Crippen LogP contribution in [0, 0.1) is 24.2 Å². The van der Waals surface area contributed by atoms with Gasteiger partial charge in [-0.1, -0.05) is 58.0 Å². The highest BCUT2D eigenvalue weighted by atomic mass is 28.4. The molecule has 0 aliphatic rings. The Morgan fingerprint density at radius 3 is 2.19 bits per heavy atom.